The standard InChI is InChI=1S/C13H18Cl/c1-4-5-7-12-11(10(2)3)8-6-9-13(12)14/h6,8-10H,1,4-5,7H2,2-3H3. The summed E-state index contributed by atoms with van der Waals surface area (Å²) in [5.74, 6) is 0.550. The molecule has 1 aromatic carbocycles. The number of hydrogen-bond acceptors (Lipinski definition) is 0. The maximum atomic E-state index is 6.19. The first kappa shape index (κ1) is 11.6. The largest absolute Gasteiger partial charge is 0.0840 e. The lowest BCUT2D eigenvalue weighted by Gasteiger charge is -2.13. The molecular formula is C13H18Cl. The van der Waals surface area contributed by atoms with Crippen LogP contribution in [-0.4, -0.2) is 0 Å². The molecule has 0 fully saturated rings. The summed E-state index contributed by atoms with van der Waals surface area (Å²) in [6.45, 7) is 8.28. The van der Waals surface area contributed by atoms with Gasteiger partial charge in [-0.1, -0.05) is 50.9 Å². The molecule has 0 bridgehead atoms. The second-order valence-electron chi connectivity index (χ2n) is 3.92. The van der Waals surface area contributed by atoms with Crippen LogP contribution in [0.25, 0.3) is 0 Å². The molecule has 0 aliphatic carbocycles. The van der Waals surface area contributed by atoms with Crippen LogP contribution < -0.4 is 0 Å². The third-order valence-electron chi connectivity index (χ3n) is 2.45. The predicted octanol–water partition coefficient (Wildman–Crippen LogP) is 4.62. The summed E-state index contributed by atoms with van der Waals surface area (Å²) < 4.78 is 0. The zero-order valence-corrected chi connectivity index (χ0v) is 9.77. The molecule has 0 heterocycles. The Morgan fingerprint density at radius 3 is 2.64 bits per heavy atom. The molecule has 0 N–H and O–H groups in total. The quantitative estimate of drug-likeness (QED) is 0.679. The minimum Gasteiger partial charge on any atom is -0.0840 e. The Kier molecular flexibility index (Phi) is 4.47. The van der Waals surface area contributed by atoms with E-state index in [1.165, 1.54) is 11.1 Å². The first-order valence-electron chi connectivity index (χ1n) is 5.23. The van der Waals surface area contributed by atoms with Crippen LogP contribution in [0.15, 0.2) is 18.2 Å². The topological polar surface area (TPSA) is 0 Å². The monoisotopic (exact) mass is 209 g/mol. The molecule has 14 heavy (non-hydrogen) atoms. The first-order chi connectivity index (χ1) is 6.66. The lowest BCUT2D eigenvalue weighted by molar-refractivity contribution is 0.794. The van der Waals surface area contributed by atoms with E-state index >= 15 is 0 Å². The van der Waals surface area contributed by atoms with Gasteiger partial charge in [0.2, 0.25) is 0 Å². The molecular weight excluding hydrogens is 192 g/mol. The fourth-order valence-electron chi connectivity index (χ4n) is 1.68. The molecule has 1 heteroatoms. The highest BCUT2D eigenvalue weighted by molar-refractivity contribution is 6.31. The highest BCUT2D eigenvalue weighted by Crippen LogP contribution is 2.27. The first-order valence-corrected chi connectivity index (χ1v) is 5.61. The summed E-state index contributed by atoms with van der Waals surface area (Å²) in [5.41, 5.74) is 2.69. The van der Waals surface area contributed by atoms with Gasteiger partial charge >= 0.3 is 0 Å². The van der Waals surface area contributed by atoms with Crippen molar-refractivity contribution in [1.29, 1.82) is 0 Å². The molecule has 0 spiro atoms. The van der Waals surface area contributed by atoms with Gasteiger partial charge in [-0.05, 0) is 36.0 Å². The minimum atomic E-state index is 0.550. The molecule has 0 saturated carbocycles. The van der Waals surface area contributed by atoms with Gasteiger partial charge in [-0.2, -0.15) is 0 Å². The normalized spacial score (nSPS) is 10.9. The Morgan fingerprint density at radius 1 is 1.36 bits per heavy atom. The SMILES string of the molecule is [CH2]CCCc1c(Cl)cccc1C(C)C. The van der Waals surface area contributed by atoms with E-state index in [2.05, 4.69) is 26.8 Å². The molecule has 1 aromatic rings. The molecule has 0 saturated heterocycles. The van der Waals surface area contributed by atoms with Gasteiger partial charge in [0.05, 0.1) is 0 Å². The van der Waals surface area contributed by atoms with E-state index in [0.29, 0.717) is 5.92 Å². The molecule has 1 rings (SSSR count). The summed E-state index contributed by atoms with van der Waals surface area (Å²) in [7, 11) is 0. The highest BCUT2D eigenvalue weighted by Gasteiger charge is 2.08. The van der Waals surface area contributed by atoms with E-state index in [9.17, 15) is 0 Å². The Morgan fingerprint density at radius 2 is 2.07 bits per heavy atom. The van der Waals surface area contributed by atoms with Crippen LogP contribution in [0.4, 0.5) is 0 Å². The van der Waals surface area contributed by atoms with Crippen LogP contribution in [0.1, 0.15) is 43.7 Å². The number of halogens is 1. The van der Waals surface area contributed by atoms with Gasteiger partial charge in [-0.15, -0.1) is 0 Å². The van der Waals surface area contributed by atoms with E-state index in [1.807, 2.05) is 12.1 Å². The molecule has 0 atom stereocenters. The number of rotatable bonds is 4. The van der Waals surface area contributed by atoms with Crippen molar-refractivity contribution >= 4 is 11.6 Å². The zero-order valence-electron chi connectivity index (χ0n) is 9.02. The van der Waals surface area contributed by atoms with Gasteiger partial charge in [-0.25, -0.2) is 0 Å². The third kappa shape index (κ3) is 2.75. The minimum absolute atomic E-state index is 0.550. The van der Waals surface area contributed by atoms with Crippen molar-refractivity contribution in [2.45, 2.75) is 39.0 Å². The van der Waals surface area contributed by atoms with E-state index in [4.69, 9.17) is 11.6 Å². The maximum absolute atomic E-state index is 6.19. The predicted molar refractivity (Wildman–Crippen MR) is 63.8 cm³/mol. The van der Waals surface area contributed by atoms with Crippen LogP contribution in [0.3, 0.4) is 0 Å². The van der Waals surface area contributed by atoms with Crippen molar-refractivity contribution in [1.82, 2.24) is 0 Å². The van der Waals surface area contributed by atoms with Crippen molar-refractivity contribution in [3.8, 4) is 0 Å². The highest BCUT2D eigenvalue weighted by atomic mass is 35.5. The molecule has 0 aliphatic rings. The van der Waals surface area contributed by atoms with Crippen molar-refractivity contribution in [2.75, 3.05) is 0 Å². The number of unbranched alkanes of at least 4 members (excludes halogenated alkanes) is 1. The second kappa shape index (κ2) is 5.41. The van der Waals surface area contributed by atoms with Gasteiger partial charge in [0.1, 0.15) is 0 Å². The molecule has 0 nitrogen and oxygen atoms in total. The van der Waals surface area contributed by atoms with Crippen LogP contribution in [0, 0.1) is 6.92 Å². The zero-order chi connectivity index (χ0) is 10.6. The average Bonchev–Trinajstić information content (AvgIpc) is 2.15. The Bertz CT molecular complexity index is 289. The van der Waals surface area contributed by atoms with Crippen LogP contribution in [0.5, 0.6) is 0 Å². The summed E-state index contributed by atoms with van der Waals surface area (Å²) in [4.78, 5) is 0. The third-order valence-corrected chi connectivity index (χ3v) is 2.81. The lowest BCUT2D eigenvalue weighted by atomic mass is 9.94. The van der Waals surface area contributed by atoms with Crippen LogP contribution in [-0.2, 0) is 6.42 Å². The molecule has 0 amide bonds. The van der Waals surface area contributed by atoms with E-state index in [-0.39, 0.29) is 0 Å². The van der Waals surface area contributed by atoms with Crippen LogP contribution >= 0.6 is 11.6 Å². The van der Waals surface area contributed by atoms with E-state index in [0.717, 1.165) is 24.3 Å². The summed E-state index contributed by atoms with van der Waals surface area (Å²) in [6.07, 6.45) is 3.14. The fraction of sp³-hybridized carbons (Fsp3) is 0.462. The van der Waals surface area contributed by atoms with E-state index in [1.54, 1.807) is 0 Å². The van der Waals surface area contributed by atoms with Crippen molar-refractivity contribution < 1.29 is 0 Å². The average molecular weight is 210 g/mol. The Hall–Kier alpha value is -0.490. The second-order valence-corrected chi connectivity index (χ2v) is 4.33. The van der Waals surface area contributed by atoms with Gasteiger partial charge in [0.25, 0.3) is 0 Å². The Balaban J connectivity index is 2.96. The number of hydrogen-bond donors (Lipinski definition) is 0. The molecule has 0 aromatic heterocycles. The number of benzene rings is 1. The van der Waals surface area contributed by atoms with Crippen LogP contribution in [0.2, 0.25) is 5.02 Å². The van der Waals surface area contributed by atoms with Crippen molar-refractivity contribution in [3.05, 3.63) is 41.3 Å². The van der Waals surface area contributed by atoms with Gasteiger partial charge < -0.3 is 0 Å². The molecule has 77 valence electrons. The van der Waals surface area contributed by atoms with Gasteiger partial charge in [0.15, 0.2) is 0 Å². The summed E-state index contributed by atoms with van der Waals surface area (Å²) in [5, 5.41) is 0.907. The van der Waals surface area contributed by atoms with Crippen molar-refractivity contribution in [3.63, 3.8) is 0 Å². The molecule has 1 radical (unpaired) electrons. The fourth-order valence-corrected chi connectivity index (χ4v) is 1.96. The van der Waals surface area contributed by atoms with Crippen molar-refractivity contribution in [2.24, 2.45) is 0 Å². The molecule has 0 aliphatic heterocycles. The smallest absolute Gasteiger partial charge is 0.0440 e. The Labute approximate surface area is 92.3 Å². The summed E-state index contributed by atoms with van der Waals surface area (Å²) in [6, 6.07) is 6.19. The summed E-state index contributed by atoms with van der Waals surface area (Å²) >= 11 is 6.19. The van der Waals surface area contributed by atoms with Gasteiger partial charge in [0, 0.05) is 5.02 Å². The molecule has 0 unspecified atom stereocenters. The lowest BCUT2D eigenvalue weighted by Crippen LogP contribution is -1.97. The van der Waals surface area contributed by atoms with Gasteiger partial charge in [-0.3, -0.25) is 0 Å². The van der Waals surface area contributed by atoms with E-state index < -0.39 is 0 Å². The maximum Gasteiger partial charge on any atom is 0.0440 e.